The highest BCUT2D eigenvalue weighted by molar-refractivity contribution is 5.88. The second-order valence-corrected chi connectivity index (χ2v) is 4.12. The van der Waals surface area contributed by atoms with E-state index in [1.165, 1.54) is 18.2 Å². The Kier molecular flexibility index (Phi) is 3.75. The van der Waals surface area contributed by atoms with Crippen LogP contribution in [-0.2, 0) is 0 Å². The summed E-state index contributed by atoms with van der Waals surface area (Å²) < 4.78 is 13.5. The average molecular weight is 260 g/mol. The third-order valence-corrected chi connectivity index (χ3v) is 2.71. The number of benzene rings is 1. The lowest BCUT2D eigenvalue weighted by atomic mass is 10.1. The summed E-state index contributed by atoms with van der Waals surface area (Å²) in [6.45, 7) is 1.89. The van der Waals surface area contributed by atoms with E-state index in [-0.39, 0.29) is 11.6 Å². The number of halogens is 1. The standard InChI is InChI=1S/C14H13FN2O2/c1-9(13-4-2-3-7-16-13)17-10-5-6-11(14(18)19)12(15)8-10/h2-9,17H,1H3,(H,18,19). The van der Waals surface area contributed by atoms with Crippen molar-refractivity contribution in [3.63, 3.8) is 0 Å². The van der Waals surface area contributed by atoms with Crippen molar-refractivity contribution in [3.05, 3.63) is 59.7 Å². The van der Waals surface area contributed by atoms with Crippen molar-refractivity contribution in [2.75, 3.05) is 5.32 Å². The van der Waals surface area contributed by atoms with Gasteiger partial charge in [-0.3, -0.25) is 4.98 Å². The van der Waals surface area contributed by atoms with E-state index >= 15 is 0 Å². The lowest BCUT2D eigenvalue weighted by Crippen LogP contribution is -2.09. The summed E-state index contributed by atoms with van der Waals surface area (Å²) in [6.07, 6.45) is 1.68. The van der Waals surface area contributed by atoms with Crippen LogP contribution in [0.1, 0.15) is 29.0 Å². The first-order chi connectivity index (χ1) is 9.08. The topological polar surface area (TPSA) is 62.2 Å². The molecule has 5 heteroatoms. The molecule has 1 heterocycles. The molecular weight excluding hydrogens is 247 g/mol. The third-order valence-electron chi connectivity index (χ3n) is 2.71. The number of nitrogens with one attached hydrogen (secondary N) is 1. The molecule has 4 nitrogen and oxygen atoms in total. The van der Waals surface area contributed by atoms with Crippen molar-refractivity contribution in [2.24, 2.45) is 0 Å². The van der Waals surface area contributed by atoms with E-state index in [0.29, 0.717) is 5.69 Å². The van der Waals surface area contributed by atoms with Crippen molar-refractivity contribution in [1.82, 2.24) is 4.98 Å². The molecule has 1 aromatic carbocycles. The second-order valence-electron chi connectivity index (χ2n) is 4.12. The molecule has 0 saturated carbocycles. The zero-order chi connectivity index (χ0) is 13.8. The highest BCUT2D eigenvalue weighted by atomic mass is 19.1. The third kappa shape index (κ3) is 3.07. The van der Waals surface area contributed by atoms with Crippen LogP contribution in [0, 0.1) is 5.82 Å². The maximum atomic E-state index is 13.5. The zero-order valence-corrected chi connectivity index (χ0v) is 10.3. The van der Waals surface area contributed by atoms with Crippen molar-refractivity contribution in [1.29, 1.82) is 0 Å². The molecule has 98 valence electrons. The number of carboxylic acid groups (broad SMARTS) is 1. The Labute approximate surface area is 109 Å². The van der Waals surface area contributed by atoms with Gasteiger partial charge in [-0.15, -0.1) is 0 Å². The first-order valence-electron chi connectivity index (χ1n) is 5.78. The summed E-state index contributed by atoms with van der Waals surface area (Å²) in [5.74, 6) is -2.03. The number of hydrogen-bond acceptors (Lipinski definition) is 3. The molecule has 0 aliphatic heterocycles. The maximum absolute atomic E-state index is 13.5. The van der Waals surface area contributed by atoms with Gasteiger partial charge in [-0.2, -0.15) is 0 Å². The molecule has 0 amide bonds. The van der Waals surface area contributed by atoms with E-state index in [0.717, 1.165) is 5.69 Å². The van der Waals surface area contributed by atoms with E-state index in [2.05, 4.69) is 10.3 Å². The van der Waals surface area contributed by atoms with E-state index in [1.807, 2.05) is 25.1 Å². The van der Waals surface area contributed by atoms with Gasteiger partial charge in [0, 0.05) is 11.9 Å². The number of hydrogen-bond donors (Lipinski definition) is 2. The number of anilines is 1. The van der Waals surface area contributed by atoms with Crippen LogP contribution in [0.5, 0.6) is 0 Å². The maximum Gasteiger partial charge on any atom is 0.338 e. The van der Waals surface area contributed by atoms with Crippen molar-refractivity contribution in [2.45, 2.75) is 13.0 Å². The van der Waals surface area contributed by atoms with Gasteiger partial charge in [-0.1, -0.05) is 6.07 Å². The zero-order valence-electron chi connectivity index (χ0n) is 10.3. The van der Waals surface area contributed by atoms with Gasteiger partial charge in [-0.25, -0.2) is 9.18 Å². The molecule has 0 fully saturated rings. The van der Waals surface area contributed by atoms with Crippen molar-refractivity contribution in [3.8, 4) is 0 Å². The Morgan fingerprint density at radius 3 is 2.74 bits per heavy atom. The Balaban J connectivity index is 2.16. The molecule has 1 aromatic heterocycles. The summed E-state index contributed by atoms with van der Waals surface area (Å²) in [5, 5.41) is 11.8. The molecule has 2 rings (SSSR count). The van der Waals surface area contributed by atoms with Gasteiger partial charge in [0.15, 0.2) is 0 Å². The molecule has 19 heavy (non-hydrogen) atoms. The highest BCUT2D eigenvalue weighted by Crippen LogP contribution is 2.20. The second kappa shape index (κ2) is 5.48. The molecule has 0 saturated heterocycles. The Morgan fingerprint density at radius 1 is 1.37 bits per heavy atom. The van der Waals surface area contributed by atoms with Gasteiger partial charge in [0.2, 0.25) is 0 Å². The van der Waals surface area contributed by atoms with Gasteiger partial charge in [-0.05, 0) is 37.3 Å². The number of aromatic carboxylic acids is 1. The predicted octanol–water partition coefficient (Wildman–Crippen LogP) is 3.09. The normalized spacial score (nSPS) is 11.9. The van der Waals surface area contributed by atoms with Gasteiger partial charge in [0.05, 0.1) is 17.3 Å². The minimum absolute atomic E-state index is 0.101. The Hall–Kier alpha value is -2.43. The molecule has 1 unspecified atom stereocenters. The average Bonchev–Trinajstić information content (AvgIpc) is 2.39. The predicted molar refractivity (Wildman–Crippen MR) is 69.6 cm³/mol. The van der Waals surface area contributed by atoms with Gasteiger partial charge >= 0.3 is 5.97 Å². The van der Waals surface area contributed by atoms with Crippen molar-refractivity contribution >= 4 is 11.7 Å². The number of carbonyl (C=O) groups is 1. The number of pyridine rings is 1. The largest absolute Gasteiger partial charge is 0.478 e. The fraction of sp³-hybridized carbons (Fsp3) is 0.143. The smallest absolute Gasteiger partial charge is 0.338 e. The lowest BCUT2D eigenvalue weighted by molar-refractivity contribution is 0.0692. The Morgan fingerprint density at radius 2 is 2.16 bits per heavy atom. The minimum Gasteiger partial charge on any atom is -0.478 e. The van der Waals surface area contributed by atoms with Crippen LogP contribution in [0.4, 0.5) is 10.1 Å². The quantitative estimate of drug-likeness (QED) is 0.886. The number of carboxylic acids is 1. The molecule has 0 aliphatic rings. The van der Waals surface area contributed by atoms with Crippen molar-refractivity contribution < 1.29 is 14.3 Å². The van der Waals surface area contributed by atoms with E-state index in [4.69, 9.17) is 5.11 Å². The summed E-state index contributed by atoms with van der Waals surface area (Å²) in [5.41, 5.74) is 1.00. The highest BCUT2D eigenvalue weighted by Gasteiger charge is 2.12. The van der Waals surface area contributed by atoms with E-state index in [9.17, 15) is 9.18 Å². The summed E-state index contributed by atoms with van der Waals surface area (Å²) in [7, 11) is 0. The van der Waals surface area contributed by atoms with Crippen LogP contribution in [-0.4, -0.2) is 16.1 Å². The van der Waals surface area contributed by atoms with E-state index in [1.54, 1.807) is 6.20 Å². The monoisotopic (exact) mass is 260 g/mol. The lowest BCUT2D eigenvalue weighted by Gasteiger charge is -2.15. The van der Waals surface area contributed by atoms with Crippen LogP contribution in [0.2, 0.25) is 0 Å². The summed E-state index contributed by atoms with van der Waals surface area (Å²) in [6, 6.07) is 9.39. The fourth-order valence-corrected chi connectivity index (χ4v) is 1.73. The molecular formula is C14H13FN2O2. The molecule has 1 atom stereocenters. The molecule has 2 N–H and O–H groups in total. The van der Waals surface area contributed by atoms with Gasteiger partial charge in [0.1, 0.15) is 5.82 Å². The number of rotatable bonds is 4. The number of aromatic nitrogens is 1. The van der Waals surface area contributed by atoms with Gasteiger partial charge in [0.25, 0.3) is 0 Å². The fourth-order valence-electron chi connectivity index (χ4n) is 1.73. The summed E-state index contributed by atoms with van der Waals surface area (Å²) >= 11 is 0. The minimum atomic E-state index is -1.28. The molecule has 0 bridgehead atoms. The van der Waals surface area contributed by atoms with Crippen LogP contribution in [0.3, 0.4) is 0 Å². The van der Waals surface area contributed by atoms with E-state index < -0.39 is 11.8 Å². The van der Waals surface area contributed by atoms with Crippen LogP contribution < -0.4 is 5.32 Å². The van der Waals surface area contributed by atoms with Crippen LogP contribution in [0.25, 0.3) is 0 Å². The SMILES string of the molecule is CC(Nc1ccc(C(=O)O)c(F)c1)c1ccccn1. The molecule has 0 radical (unpaired) electrons. The molecule has 0 spiro atoms. The molecule has 2 aromatic rings. The number of nitrogens with zero attached hydrogens (tertiary/aromatic N) is 1. The molecule has 0 aliphatic carbocycles. The van der Waals surface area contributed by atoms with Gasteiger partial charge < -0.3 is 10.4 Å². The summed E-state index contributed by atoms with van der Waals surface area (Å²) in [4.78, 5) is 14.9. The van der Waals surface area contributed by atoms with Crippen LogP contribution >= 0.6 is 0 Å². The van der Waals surface area contributed by atoms with Crippen LogP contribution in [0.15, 0.2) is 42.6 Å². The Bertz CT molecular complexity index is 587. The first kappa shape index (κ1) is 13.0. The first-order valence-corrected chi connectivity index (χ1v) is 5.78.